The first kappa shape index (κ1) is 25.1. The van der Waals surface area contributed by atoms with E-state index in [1.165, 1.54) is 6.26 Å². The zero-order valence-corrected chi connectivity index (χ0v) is 20.5. The average Bonchev–Trinajstić information content (AvgIpc) is 3.34. The molecule has 8 nitrogen and oxygen atoms in total. The summed E-state index contributed by atoms with van der Waals surface area (Å²) in [5.74, 6) is 2.00. The number of anilines is 1. The first-order valence-electron chi connectivity index (χ1n) is 9.72. The van der Waals surface area contributed by atoms with Gasteiger partial charge in [-0.05, 0) is 47.5 Å². The summed E-state index contributed by atoms with van der Waals surface area (Å²) in [4.78, 5) is 16.4. The molecule has 0 bridgehead atoms. The summed E-state index contributed by atoms with van der Waals surface area (Å²) in [5, 5.41) is 9.36. The number of nitrogens with zero attached hydrogens (tertiary/aromatic N) is 1. The van der Waals surface area contributed by atoms with Crippen molar-refractivity contribution in [2.45, 2.75) is 13.1 Å². The van der Waals surface area contributed by atoms with Crippen LogP contribution in [0.25, 0.3) is 0 Å². The van der Waals surface area contributed by atoms with E-state index < -0.39 is 0 Å². The van der Waals surface area contributed by atoms with E-state index in [0.29, 0.717) is 36.2 Å². The van der Waals surface area contributed by atoms with Crippen molar-refractivity contribution >= 4 is 41.5 Å². The zero-order valence-electron chi connectivity index (χ0n) is 18.2. The van der Waals surface area contributed by atoms with Crippen molar-refractivity contribution in [2.75, 3.05) is 26.6 Å². The fourth-order valence-electron chi connectivity index (χ4n) is 2.94. The van der Waals surface area contributed by atoms with Crippen LogP contribution in [-0.4, -0.2) is 33.1 Å². The third-order valence-electron chi connectivity index (χ3n) is 4.52. The lowest BCUT2D eigenvalue weighted by atomic mass is 10.2. The van der Waals surface area contributed by atoms with Gasteiger partial charge in [-0.1, -0.05) is 18.2 Å². The number of furan rings is 1. The minimum atomic E-state index is -0.289. The van der Waals surface area contributed by atoms with Crippen molar-refractivity contribution in [1.29, 1.82) is 0 Å². The van der Waals surface area contributed by atoms with Crippen molar-refractivity contribution in [2.24, 2.45) is 4.99 Å². The Bertz CT molecular complexity index is 1040. The summed E-state index contributed by atoms with van der Waals surface area (Å²) in [6, 6.07) is 16.6. The Labute approximate surface area is 204 Å². The number of hydrogen-bond acceptors (Lipinski definition) is 5. The number of carbonyl (C=O) groups is 1. The van der Waals surface area contributed by atoms with E-state index >= 15 is 0 Å². The number of rotatable bonds is 8. The van der Waals surface area contributed by atoms with Gasteiger partial charge < -0.3 is 29.8 Å². The Morgan fingerprint density at radius 1 is 0.938 bits per heavy atom. The third-order valence-corrected chi connectivity index (χ3v) is 4.52. The van der Waals surface area contributed by atoms with Crippen LogP contribution in [-0.2, 0) is 13.1 Å². The highest BCUT2D eigenvalue weighted by atomic mass is 127. The highest BCUT2D eigenvalue weighted by molar-refractivity contribution is 14.0. The monoisotopic (exact) mass is 550 g/mol. The van der Waals surface area contributed by atoms with Crippen LogP contribution in [0, 0.1) is 0 Å². The molecule has 0 fully saturated rings. The van der Waals surface area contributed by atoms with Gasteiger partial charge in [0.1, 0.15) is 0 Å². The molecule has 0 atom stereocenters. The van der Waals surface area contributed by atoms with Crippen LogP contribution < -0.4 is 25.4 Å². The minimum absolute atomic E-state index is 0. The molecule has 3 N–H and O–H groups in total. The van der Waals surface area contributed by atoms with Crippen molar-refractivity contribution in [1.82, 2.24) is 10.6 Å². The molecule has 170 valence electrons. The van der Waals surface area contributed by atoms with E-state index in [1.54, 1.807) is 33.4 Å². The van der Waals surface area contributed by atoms with Crippen LogP contribution in [0.2, 0.25) is 0 Å². The average molecular weight is 550 g/mol. The van der Waals surface area contributed by atoms with Gasteiger partial charge in [0.25, 0.3) is 5.91 Å². The first-order chi connectivity index (χ1) is 15.1. The van der Waals surface area contributed by atoms with Crippen molar-refractivity contribution in [3.05, 3.63) is 77.7 Å². The van der Waals surface area contributed by atoms with Gasteiger partial charge in [-0.25, -0.2) is 0 Å². The van der Waals surface area contributed by atoms with Gasteiger partial charge in [-0.3, -0.25) is 9.79 Å². The van der Waals surface area contributed by atoms with E-state index in [-0.39, 0.29) is 35.6 Å². The zero-order chi connectivity index (χ0) is 22.1. The molecule has 3 rings (SSSR count). The molecular weight excluding hydrogens is 523 g/mol. The molecule has 0 saturated carbocycles. The molecule has 32 heavy (non-hydrogen) atoms. The molecule has 9 heteroatoms. The molecule has 2 aromatic carbocycles. The summed E-state index contributed by atoms with van der Waals surface area (Å²) < 4.78 is 15.7. The fourth-order valence-corrected chi connectivity index (χ4v) is 2.94. The maximum atomic E-state index is 12.1. The van der Waals surface area contributed by atoms with Gasteiger partial charge in [-0.15, -0.1) is 24.0 Å². The smallest absolute Gasteiger partial charge is 0.291 e. The molecule has 0 spiro atoms. The number of aliphatic imine (C=N–C) groups is 1. The fraction of sp³-hybridized carbons (Fsp3) is 0.217. The molecule has 0 aliphatic carbocycles. The number of benzene rings is 2. The molecule has 1 amide bonds. The Morgan fingerprint density at radius 3 is 2.28 bits per heavy atom. The largest absolute Gasteiger partial charge is 0.493 e. The van der Waals surface area contributed by atoms with Crippen molar-refractivity contribution < 1.29 is 18.7 Å². The van der Waals surface area contributed by atoms with Crippen molar-refractivity contribution in [3.63, 3.8) is 0 Å². The first-order valence-corrected chi connectivity index (χ1v) is 9.72. The molecule has 0 aliphatic heterocycles. The van der Waals surface area contributed by atoms with Gasteiger partial charge in [0.15, 0.2) is 23.2 Å². The molecule has 1 heterocycles. The second kappa shape index (κ2) is 12.6. The van der Waals surface area contributed by atoms with Gasteiger partial charge >= 0.3 is 0 Å². The van der Waals surface area contributed by atoms with E-state index in [4.69, 9.17) is 13.9 Å². The standard InChI is InChI=1S/C23H26N4O4.HI/c1-24-23(26-15-17-9-10-19(29-2)21(13-17)30-3)25-14-16-6-4-7-18(12-16)27-22(28)20-8-5-11-31-20;/h4-13H,14-15H2,1-3H3,(H,27,28)(H2,24,25,26);1H. The summed E-state index contributed by atoms with van der Waals surface area (Å²) in [5.41, 5.74) is 2.71. The number of amides is 1. The molecule has 0 saturated heterocycles. The Morgan fingerprint density at radius 2 is 1.66 bits per heavy atom. The number of halogens is 1. The summed E-state index contributed by atoms with van der Waals surface area (Å²) in [6.45, 7) is 1.11. The topological polar surface area (TPSA) is 97.1 Å². The van der Waals surface area contributed by atoms with Gasteiger partial charge in [-0.2, -0.15) is 0 Å². The Balaban J connectivity index is 0.00000363. The number of carbonyl (C=O) groups excluding carboxylic acids is 1. The highest BCUT2D eigenvalue weighted by Crippen LogP contribution is 2.27. The molecule has 1 aromatic heterocycles. The van der Waals surface area contributed by atoms with Crippen LogP contribution >= 0.6 is 24.0 Å². The van der Waals surface area contributed by atoms with Gasteiger partial charge in [0.05, 0.1) is 20.5 Å². The van der Waals surface area contributed by atoms with Gasteiger partial charge in [0.2, 0.25) is 0 Å². The molecule has 0 radical (unpaired) electrons. The maximum Gasteiger partial charge on any atom is 0.291 e. The van der Waals surface area contributed by atoms with Crippen LogP contribution in [0.3, 0.4) is 0 Å². The van der Waals surface area contributed by atoms with Crippen LogP contribution in [0.4, 0.5) is 5.69 Å². The third kappa shape index (κ3) is 6.91. The molecule has 0 aliphatic rings. The predicted octanol–water partition coefficient (Wildman–Crippen LogP) is 4.03. The van der Waals surface area contributed by atoms with E-state index in [9.17, 15) is 4.79 Å². The minimum Gasteiger partial charge on any atom is -0.493 e. The number of nitrogens with one attached hydrogen (secondary N) is 3. The lowest BCUT2D eigenvalue weighted by Crippen LogP contribution is -2.36. The lowest BCUT2D eigenvalue weighted by molar-refractivity contribution is 0.0996. The SMILES string of the molecule is CN=C(NCc1cccc(NC(=O)c2ccco2)c1)NCc1ccc(OC)c(OC)c1.I. The number of hydrogen-bond donors (Lipinski definition) is 3. The second-order valence-corrected chi connectivity index (χ2v) is 6.60. The Hall–Kier alpha value is -3.21. The van der Waals surface area contributed by atoms with E-state index in [0.717, 1.165) is 11.1 Å². The normalized spacial score (nSPS) is 10.7. The second-order valence-electron chi connectivity index (χ2n) is 6.60. The quantitative estimate of drug-likeness (QED) is 0.223. The van der Waals surface area contributed by atoms with E-state index in [2.05, 4.69) is 20.9 Å². The molecule has 0 unspecified atom stereocenters. The van der Waals surface area contributed by atoms with Crippen LogP contribution in [0.15, 0.2) is 70.3 Å². The van der Waals surface area contributed by atoms with Crippen LogP contribution in [0.1, 0.15) is 21.7 Å². The number of ether oxygens (including phenoxy) is 2. The number of guanidine groups is 1. The highest BCUT2D eigenvalue weighted by Gasteiger charge is 2.09. The lowest BCUT2D eigenvalue weighted by Gasteiger charge is -2.14. The van der Waals surface area contributed by atoms with Crippen molar-refractivity contribution in [3.8, 4) is 11.5 Å². The van der Waals surface area contributed by atoms with Gasteiger partial charge in [0, 0.05) is 25.8 Å². The summed E-state index contributed by atoms with van der Waals surface area (Å²) in [6.07, 6.45) is 1.47. The number of methoxy groups -OCH3 is 2. The summed E-state index contributed by atoms with van der Waals surface area (Å²) in [7, 11) is 4.93. The molecular formula is C23H27IN4O4. The predicted molar refractivity (Wildman–Crippen MR) is 135 cm³/mol. The summed E-state index contributed by atoms with van der Waals surface area (Å²) >= 11 is 0. The maximum absolute atomic E-state index is 12.1. The Kier molecular flexibility index (Phi) is 9.86. The van der Waals surface area contributed by atoms with E-state index in [1.807, 2.05) is 42.5 Å². The van der Waals surface area contributed by atoms with Crippen LogP contribution in [0.5, 0.6) is 11.5 Å². The molecule has 3 aromatic rings.